The van der Waals surface area contributed by atoms with E-state index in [9.17, 15) is 4.79 Å². The molecule has 1 aliphatic heterocycles. The third kappa shape index (κ3) is 6.10. The van der Waals surface area contributed by atoms with E-state index in [1.165, 1.54) is 4.68 Å². The average molecular weight is 573 g/mol. The smallest absolute Gasteiger partial charge is 0.357 e. The van der Waals surface area contributed by atoms with E-state index in [4.69, 9.17) is 34.8 Å². The van der Waals surface area contributed by atoms with E-state index in [1.807, 2.05) is 55.5 Å². The van der Waals surface area contributed by atoms with Crippen molar-refractivity contribution in [1.29, 1.82) is 0 Å². The molecule has 3 heterocycles. The van der Waals surface area contributed by atoms with Crippen molar-refractivity contribution in [3.05, 3.63) is 71.4 Å². The van der Waals surface area contributed by atoms with E-state index in [-0.39, 0.29) is 12.3 Å². The molecule has 11 heteroatoms. The minimum absolute atomic E-state index is 0.231. The van der Waals surface area contributed by atoms with Gasteiger partial charge in [0.25, 0.3) is 0 Å². The Balaban J connectivity index is 1.60. The van der Waals surface area contributed by atoms with Gasteiger partial charge < -0.3 is 34.9 Å². The molecule has 1 fully saturated rings. The summed E-state index contributed by atoms with van der Waals surface area (Å²) in [4.78, 5) is 20.1. The van der Waals surface area contributed by atoms with Gasteiger partial charge in [0, 0.05) is 42.9 Å². The van der Waals surface area contributed by atoms with E-state index in [1.54, 1.807) is 27.2 Å². The molecule has 0 atom stereocenters. The number of nitrogens with one attached hydrogen (secondary N) is 1. The summed E-state index contributed by atoms with van der Waals surface area (Å²) in [7, 11) is 3.22. The van der Waals surface area contributed by atoms with Crippen molar-refractivity contribution in [1.82, 2.24) is 14.8 Å². The summed E-state index contributed by atoms with van der Waals surface area (Å²) < 4.78 is 23.4. The second-order valence-electron chi connectivity index (χ2n) is 9.81. The molecule has 0 unspecified atom stereocenters. The fourth-order valence-corrected chi connectivity index (χ4v) is 4.87. The standard InChI is InChI=1S/C31H36N6O5/c1-5-42-31(38)26-17-24(21-8-6-7-20(2)15-21)35-37(26)28-18-25(36-11-13-41-14-12-36)29(32)30(34-28)33-19-22-9-10-23(39-3)16-27(22)40-4/h6-10,15-18H,5,11-14,19,32H2,1-4H3,(H,33,34). The van der Waals surface area contributed by atoms with E-state index in [2.05, 4.69) is 10.2 Å². The van der Waals surface area contributed by atoms with Crippen LogP contribution in [0.1, 0.15) is 28.5 Å². The molecule has 0 amide bonds. The zero-order valence-electron chi connectivity index (χ0n) is 24.3. The quantitative estimate of drug-likeness (QED) is 0.263. The first-order chi connectivity index (χ1) is 20.4. The number of hydrogen-bond donors (Lipinski definition) is 2. The topological polar surface area (TPSA) is 126 Å². The van der Waals surface area contributed by atoms with Crippen molar-refractivity contribution < 1.29 is 23.7 Å². The first-order valence-corrected chi connectivity index (χ1v) is 13.8. The van der Waals surface area contributed by atoms with Gasteiger partial charge in [0.2, 0.25) is 0 Å². The highest BCUT2D eigenvalue weighted by Gasteiger charge is 2.24. The molecular formula is C31H36N6O5. The lowest BCUT2D eigenvalue weighted by Gasteiger charge is -2.30. The first kappa shape index (κ1) is 28.7. The maximum atomic E-state index is 13.1. The van der Waals surface area contributed by atoms with Crippen molar-refractivity contribution in [2.24, 2.45) is 0 Å². The molecular weight excluding hydrogens is 536 g/mol. The van der Waals surface area contributed by atoms with Crippen LogP contribution in [0.3, 0.4) is 0 Å². The summed E-state index contributed by atoms with van der Waals surface area (Å²) >= 11 is 0. The van der Waals surface area contributed by atoms with Gasteiger partial charge >= 0.3 is 5.97 Å². The lowest BCUT2D eigenvalue weighted by molar-refractivity contribution is 0.0515. The Morgan fingerprint density at radius 2 is 1.88 bits per heavy atom. The largest absolute Gasteiger partial charge is 0.497 e. The summed E-state index contributed by atoms with van der Waals surface area (Å²) in [5.41, 5.74) is 11.7. The molecule has 0 aliphatic carbocycles. The number of rotatable bonds is 10. The molecule has 0 saturated carbocycles. The van der Waals surface area contributed by atoms with E-state index >= 15 is 0 Å². The number of nitrogen functional groups attached to an aromatic ring is 1. The van der Waals surface area contributed by atoms with Gasteiger partial charge in [-0.1, -0.05) is 23.8 Å². The number of ether oxygens (including phenoxy) is 4. The molecule has 2 aromatic carbocycles. The Labute approximate surface area is 245 Å². The van der Waals surface area contributed by atoms with Gasteiger partial charge in [-0.05, 0) is 38.1 Å². The van der Waals surface area contributed by atoms with Crippen LogP contribution in [0, 0.1) is 6.92 Å². The van der Waals surface area contributed by atoms with Crippen LogP contribution < -0.4 is 25.4 Å². The predicted octanol–water partition coefficient (Wildman–Crippen LogP) is 4.47. The number of methoxy groups -OCH3 is 2. The predicted molar refractivity (Wildman–Crippen MR) is 162 cm³/mol. The number of nitrogens with two attached hydrogens (primary N) is 1. The van der Waals surface area contributed by atoms with Crippen LogP contribution in [0.4, 0.5) is 17.2 Å². The number of hydrogen-bond acceptors (Lipinski definition) is 10. The normalized spacial score (nSPS) is 13.1. The Morgan fingerprint density at radius 1 is 1.07 bits per heavy atom. The molecule has 4 aromatic rings. The minimum Gasteiger partial charge on any atom is -0.497 e. The van der Waals surface area contributed by atoms with Gasteiger partial charge in [-0.2, -0.15) is 5.10 Å². The fourth-order valence-electron chi connectivity index (χ4n) is 4.87. The Hall–Kier alpha value is -4.77. The van der Waals surface area contributed by atoms with E-state index in [0.29, 0.717) is 67.4 Å². The minimum atomic E-state index is -0.493. The lowest BCUT2D eigenvalue weighted by Crippen LogP contribution is -2.37. The molecule has 5 rings (SSSR count). The number of aromatic nitrogens is 3. The zero-order valence-corrected chi connectivity index (χ0v) is 24.3. The molecule has 0 bridgehead atoms. The fraction of sp³-hybridized carbons (Fsp3) is 0.323. The summed E-state index contributed by atoms with van der Waals surface area (Å²) in [6.07, 6.45) is 0. The second kappa shape index (κ2) is 12.8. The molecule has 1 aliphatic rings. The SMILES string of the molecule is CCOC(=O)c1cc(-c2cccc(C)c2)nn1-c1cc(N2CCOCC2)c(N)c(NCc2ccc(OC)cc2OC)n1. The molecule has 0 spiro atoms. The number of esters is 1. The highest BCUT2D eigenvalue weighted by Crippen LogP contribution is 2.34. The van der Waals surface area contributed by atoms with Crippen molar-refractivity contribution in [2.75, 3.05) is 63.1 Å². The number of pyridine rings is 1. The van der Waals surface area contributed by atoms with Crippen LogP contribution in [-0.4, -0.2) is 67.9 Å². The monoisotopic (exact) mass is 572 g/mol. The third-order valence-corrected chi connectivity index (χ3v) is 7.04. The van der Waals surface area contributed by atoms with E-state index in [0.717, 1.165) is 22.4 Å². The van der Waals surface area contributed by atoms with Crippen LogP contribution in [0.15, 0.2) is 54.6 Å². The molecule has 3 N–H and O–H groups in total. The number of carbonyl (C=O) groups is 1. The number of anilines is 3. The first-order valence-electron chi connectivity index (χ1n) is 13.8. The van der Waals surface area contributed by atoms with Crippen LogP contribution in [0.2, 0.25) is 0 Å². The van der Waals surface area contributed by atoms with Gasteiger partial charge in [0.05, 0.1) is 51.1 Å². The number of aryl methyl sites for hydroxylation is 1. The highest BCUT2D eigenvalue weighted by atomic mass is 16.5. The summed E-state index contributed by atoms with van der Waals surface area (Å²) in [6, 6.07) is 17.2. The second-order valence-corrected chi connectivity index (χ2v) is 9.81. The van der Waals surface area contributed by atoms with Crippen LogP contribution >= 0.6 is 0 Å². The maximum absolute atomic E-state index is 13.1. The molecule has 42 heavy (non-hydrogen) atoms. The van der Waals surface area contributed by atoms with Crippen LogP contribution in [0.5, 0.6) is 11.5 Å². The van der Waals surface area contributed by atoms with Crippen molar-refractivity contribution in [3.8, 4) is 28.6 Å². The number of nitrogens with zero attached hydrogens (tertiary/aromatic N) is 4. The molecule has 0 radical (unpaired) electrons. The van der Waals surface area contributed by atoms with Gasteiger partial charge in [0.15, 0.2) is 17.3 Å². The van der Waals surface area contributed by atoms with E-state index < -0.39 is 5.97 Å². The summed E-state index contributed by atoms with van der Waals surface area (Å²) in [5, 5.41) is 8.20. The maximum Gasteiger partial charge on any atom is 0.357 e. The van der Waals surface area contributed by atoms with Crippen LogP contribution in [0.25, 0.3) is 17.1 Å². The van der Waals surface area contributed by atoms with Crippen molar-refractivity contribution >= 4 is 23.2 Å². The summed E-state index contributed by atoms with van der Waals surface area (Å²) in [6.45, 7) is 6.89. The van der Waals surface area contributed by atoms with Crippen molar-refractivity contribution in [3.63, 3.8) is 0 Å². The molecule has 1 saturated heterocycles. The summed E-state index contributed by atoms with van der Waals surface area (Å²) in [5.74, 6) is 1.75. The zero-order chi connectivity index (χ0) is 29.6. The van der Waals surface area contributed by atoms with Crippen molar-refractivity contribution in [2.45, 2.75) is 20.4 Å². The third-order valence-electron chi connectivity index (χ3n) is 7.04. The lowest BCUT2D eigenvalue weighted by atomic mass is 10.1. The number of benzene rings is 2. The van der Waals surface area contributed by atoms with Gasteiger partial charge in [0.1, 0.15) is 11.5 Å². The molecule has 11 nitrogen and oxygen atoms in total. The van der Waals surface area contributed by atoms with Gasteiger partial charge in [-0.25, -0.2) is 14.5 Å². The average Bonchev–Trinajstić information content (AvgIpc) is 3.47. The molecule has 220 valence electrons. The van der Waals surface area contributed by atoms with Gasteiger partial charge in [-0.3, -0.25) is 0 Å². The van der Waals surface area contributed by atoms with Gasteiger partial charge in [-0.15, -0.1) is 0 Å². The molecule has 2 aromatic heterocycles. The Kier molecular flexibility index (Phi) is 8.77. The van der Waals surface area contributed by atoms with Crippen LogP contribution in [-0.2, 0) is 16.0 Å². The number of morpholine rings is 1. The Bertz CT molecular complexity index is 1560. The number of carbonyl (C=O) groups excluding carboxylic acids is 1. The Morgan fingerprint density at radius 3 is 2.60 bits per heavy atom. The highest BCUT2D eigenvalue weighted by molar-refractivity contribution is 5.90.